The van der Waals surface area contributed by atoms with E-state index >= 15 is 0 Å². The normalized spacial score (nSPS) is 11.8. The predicted octanol–water partition coefficient (Wildman–Crippen LogP) is 1.88. The molecular formula is C12H16N2O. The van der Waals surface area contributed by atoms with Gasteiger partial charge in [-0.05, 0) is 17.5 Å². The Balaban J connectivity index is 2.45. The van der Waals surface area contributed by atoms with E-state index in [0.29, 0.717) is 13.0 Å². The van der Waals surface area contributed by atoms with Gasteiger partial charge in [0.05, 0.1) is 0 Å². The first-order valence-electron chi connectivity index (χ1n) is 5.01. The molecule has 1 aromatic rings. The highest BCUT2D eigenvalue weighted by atomic mass is 16.1. The molecule has 80 valence electrons. The SMILES string of the molecule is C=CCNC(=O)CC(C)c1cccnc1. The first-order valence-corrected chi connectivity index (χ1v) is 5.01. The summed E-state index contributed by atoms with van der Waals surface area (Å²) in [5.74, 6) is 0.245. The van der Waals surface area contributed by atoms with Crippen LogP contribution in [0.2, 0.25) is 0 Å². The van der Waals surface area contributed by atoms with E-state index in [0.717, 1.165) is 5.56 Å². The summed E-state index contributed by atoms with van der Waals surface area (Å²) in [5, 5.41) is 2.76. The Labute approximate surface area is 90.2 Å². The highest BCUT2D eigenvalue weighted by Crippen LogP contribution is 2.16. The first-order chi connectivity index (χ1) is 7.24. The van der Waals surface area contributed by atoms with Crippen LogP contribution in [0.25, 0.3) is 0 Å². The molecule has 1 aromatic heterocycles. The van der Waals surface area contributed by atoms with Gasteiger partial charge in [-0.25, -0.2) is 0 Å². The van der Waals surface area contributed by atoms with E-state index in [1.807, 2.05) is 19.1 Å². The molecule has 0 saturated heterocycles. The van der Waals surface area contributed by atoms with Gasteiger partial charge in [0.25, 0.3) is 0 Å². The van der Waals surface area contributed by atoms with Gasteiger partial charge in [0, 0.05) is 25.4 Å². The van der Waals surface area contributed by atoms with E-state index in [-0.39, 0.29) is 11.8 Å². The van der Waals surface area contributed by atoms with Crippen molar-refractivity contribution < 1.29 is 4.79 Å². The summed E-state index contributed by atoms with van der Waals surface area (Å²) in [6, 6.07) is 3.87. The second-order valence-electron chi connectivity index (χ2n) is 3.48. The maximum Gasteiger partial charge on any atom is 0.220 e. The number of nitrogens with one attached hydrogen (secondary N) is 1. The van der Waals surface area contributed by atoms with Crippen LogP contribution in [0.1, 0.15) is 24.8 Å². The first kappa shape index (κ1) is 11.4. The second kappa shape index (κ2) is 5.96. The third-order valence-electron chi connectivity index (χ3n) is 2.19. The van der Waals surface area contributed by atoms with Crippen molar-refractivity contribution >= 4 is 5.91 Å². The molecule has 1 heterocycles. The van der Waals surface area contributed by atoms with Crippen molar-refractivity contribution in [2.24, 2.45) is 0 Å². The minimum absolute atomic E-state index is 0.0475. The number of carbonyl (C=O) groups excluding carboxylic acids is 1. The fourth-order valence-electron chi connectivity index (χ4n) is 1.32. The van der Waals surface area contributed by atoms with Crippen molar-refractivity contribution in [3.63, 3.8) is 0 Å². The number of aromatic nitrogens is 1. The van der Waals surface area contributed by atoms with Gasteiger partial charge >= 0.3 is 0 Å². The Morgan fingerprint density at radius 3 is 3.13 bits per heavy atom. The van der Waals surface area contributed by atoms with Gasteiger partial charge in [0.2, 0.25) is 5.91 Å². The van der Waals surface area contributed by atoms with Crippen molar-refractivity contribution in [2.75, 3.05) is 6.54 Å². The van der Waals surface area contributed by atoms with Crippen LogP contribution in [0.3, 0.4) is 0 Å². The third kappa shape index (κ3) is 3.94. The van der Waals surface area contributed by atoms with E-state index in [4.69, 9.17) is 0 Å². The van der Waals surface area contributed by atoms with Crippen LogP contribution in [-0.4, -0.2) is 17.4 Å². The Morgan fingerprint density at radius 2 is 2.53 bits per heavy atom. The Bertz CT molecular complexity index is 322. The average Bonchev–Trinajstić information content (AvgIpc) is 2.27. The molecule has 0 radical (unpaired) electrons. The summed E-state index contributed by atoms with van der Waals surface area (Å²) in [7, 11) is 0. The molecule has 0 aliphatic rings. The molecule has 1 rings (SSSR count). The van der Waals surface area contributed by atoms with Gasteiger partial charge in [-0.3, -0.25) is 9.78 Å². The average molecular weight is 204 g/mol. The molecule has 1 amide bonds. The quantitative estimate of drug-likeness (QED) is 0.744. The molecule has 0 aliphatic heterocycles. The fraction of sp³-hybridized carbons (Fsp3) is 0.333. The van der Waals surface area contributed by atoms with Crippen LogP contribution < -0.4 is 5.32 Å². The summed E-state index contributed by atoms with van der Waals surface area (Å²) in [5.41, 5.74) is 1.09. The van der Waals surface area contributed by atoms with Crippen LogP contribution in [0.4, 0.5) is 0 Å². The number of hydrogen-bond acceptors (Lipinski definition) is 2. The summed E-state index contributed by atoms with van der Waals surface area (Å²) in [4.78, 5) is 15.4. The monoisotopic (exact) mass is 204 g/mol. The number of nitrogens with zero attached hydrogens (tertiary/aromatic N) is 1. The maximum atomic E-state index is 11.4. The molecule has 1 unspecified atom stereocenters. The smallest absolute Gasteiger partial charge is 0.220 e. The van der Waals surface area contributed by atoms with Crippen molar-refractivity contribution in [2.45, 2.75) is 19.3 Å². The molecule has 0 aromatic carbocycles. The highest BCUT2D eigenvalue weighted by molar-refractivity contribution is 5.76. The summed E-state index contributed by atoms with van der Waals surface area (Å²) < 4.78 is 0. The minimum Gasteiger partial charge on any atom is -0.353 e. The molecule has 0 bridgehead atoms. The van der Waals surface area contributed by atoms with Crippen LogP contribution in [0, 0.1) is 0 Å². The number of carbonyl (C=O) groups is 1. The van der Waals surface area contributed by atoms with Crippen molar-refractivity contribution in [1.82, 2.24) is 10.3 Å². The lowest BCUT2D eigenvalue weighted by Gasteiger charge is -2.10. The van der Waals surface area contributed by atoms with Crippen LogP contribution in [-0.2, 0) is 4.79 Å². The van der Waals surface area contributed by atoms with Gasteiger partial charge in [0.1, 0.15) is 0 Å². The topological polar surface area (TPSA) is 42.0 Å². The van der Waals surface area contributed by atoms with Crippen molar-refractivity contribution in [3.05, 3.63) is 42.7 Å². The van der Waals surface area contributed by atoms with E-state index in [1.54, 1.807) is 18.5 Å². The van der Waals surface area contributed by atoms with Gasteiger partial charge in [0.15, 0.2) is 0 Å². The largest absolute Gasteiger partial charge is 0.353 e. The zero-order chi connectivity index (χ0) is 11.1. The molecule has 0 fully saturated rings. The number of amides is 1. The summed E-state index contributed by atoms with van der Waals surface area (Å²) in [6.07, 6.45) is 5.69. The van der Waals surface area contributed by atoms with Crippen molar-refractivity contribution in [1.29, 1.82) is 0 Å². The van der Waals surface area contributed by atoms with Crippen LogP contribution >= 0.6 is 0 Å². The highest BCUT2D eigenvalue weighted by Gasteiger charge is 2.10. The fourth-order valence-corrected chi connectivity index (χ4v) is 1.32. The molecule has 0 saturated carbocycles. The van der Waals surface area contributed by atoms with Crippen LogP contribution in [0.5, 0.6) is 0 Å². The molecule has 3 heteroatoms. The lowest BCUT2D eigenvalue weighted by molar-refractivity contribution is -0.121. The van der Waals surface area contributed by atoms with E-state index in [2.05, 4.69) is 16.9 Å². The second-order valence-corrected chi connectivity index (χ2v) is 3.48. The molecule has 15 heavy (non-hydrogen) atoms. The van der Waals surface area contributed by atoms with E-state index in [9.17, 15) is 4.79 Å². The summed E-state index contributed by atoms with van der Waals surface area (Å²) in [6.45, 7) is 6.09. The Morgan fingerprint density at radius 1 is 1.73 bits per heavy atom. The van der Waals surface area contributed by atoms with Crippen molar-refractivity contribution in [3.8, 4) is 0 Å². The van der Waals surface area contributed by atoms with Gasteiger partial charge < -0.3 is 5.32 Å². The standard InChI is InChI=1S/C12H16N2O/c1-3-6-14-12(15)8-10(2)11-5-4-7-13-9-11/h3-5,7,9-10H,1,6,8H2,2H3,(H,14,15). The minimum atomic E-state index is 0.0475. The van der Waals surface area contributed by atoms with E-state index < -0.39 is 0 Å². The Kier molecular flexibility index (Phi) is 4.54. The molecule has 3 nitrogen and oxygen atoms in total. The predicted molar refractivity (Wildman–Crippen MR) is 60.5 cm³/mol. The van der Waals surface area contributed by atoms with Crippen LogP contribution in [0.15, 0.2) is 37.2 Å². The van der Waals surface area contributed by atoms with Gasteiger partial charge in [-0.2, -0.15) is 0 Å². The molecule has 1 atom stereocenters. The molecule has 1 N–H and O–H groups in total. The maximum absolute atomic E-state index is 11.4. The van der Waals surface area contributed by atoms with Gasteiger partial charge in [-0.1, -0.05) is 19.1 Å². The lowest BCUT2D eigenvalue weighted by Crippen LogP contribution is -2.24. The summed E-state index contributed by atoms with van der Waals surface area (Å²) >= 11 is 0. The lowest BCUT2D eigenvalue weighted by atomic mass is 9.99. The number of pyridine rings is 1. The zero-order valence-corrected chi connectivity index (χ0v) is 8.94. The van der Waals surface area contributed by atoms with E-state index in [1.165, 1.54) is 0 Å². The third-order valence-corrected chi connectivity index (χ3v) is 2.19. The Hall–Kier alpha value is -1.64. The number of hydrogen-bond donors (Lipinski definition) is 1. The molecule has 0 aliphatic carbocycles. The van der Waals surface area contributed by atoms with Gasteiger partial charge in [-0.15, -0.1) is 6.58 Å². The zero-order valence-electron chi connectivity index (χ0n) is 8.94. The molecule has 0 spiro atoms. The molecular weight excluding hydrogens is 188 g/mol. The number of rotatable bonds is 5.